The first-order valence-corrected chi connectivity index (χ1v) is 9.84. The molecule has 1 heterocycles. The number of hydrogen-bond acceptors (Lipinski definition) is 4. The largest absolute Gasteiger partial charge is 0.380 e. The van der Waals surface area contributed by atoms with Crippen molar-refractivity contribution in [1.29, 1.82) is 0 Å². The molecule has 1 aromatic carbocycles. The number of piperazine rings is 1. The van der Waals surface area contributed by atoms with Gasteiger partial charge in [0.25, 0.3) is 0 Å². The number of likely N-dealkylation sites (N-methyl/N-ethyl adjacent to an activating group) is 1. The van der Waals surface area contributed by atoms with Gasteiger partial charge < -0.3 is 25.2 Å². The molecular formula is C19H33ClIN5O. The highest BCUT2D eigenvalue weighted by atomic mass is 127. The minimum absolute atomic E-state index is 0. The second kappa shape index (κ2) is 13.4. The molecule has 2 N–H and O–H groups in total. The average molecular weight is 510 g/mol. The number of hydrogen-bond donors (Lipinski definition) is 2. The molecule has 2 rings (SSSR count). The van der Waals surface area contributed by atoms with Gasteiger partial charge in [-0.25, -0.2) is 4.99 Å². The summed E-state index contributed by atoms with van der Waals surface area (Å²) in [6, 6.07) is 6.12. The number of guanidine groups is 1. The van der Waals surface area contributed by atoms with Crippen LogP contribution in [-0.4, -0.2) is 70.4 Å². The van der Waals surface area contributed by atoms with Crippen LogP contribution in [0.1, 0.15) is 19.4 Å². The van der Waals surface area contributed by atoms with E-state index in [-0.39, 0.29) is 24.0 Å². The normalized spacial score (nSPS) is 15.4. The molecular weight excluding hydrogens is 477 g/mol. The van der Waals surface area contributed by atoms with Crippen molar-refractivity contribution < 1.29 is 4.74 Å². The average Bonchev–Trinajstić information content (AvgIpc) is 2.64. The summed E-state index contributed by atoms with van der Waals surface area (Å²) in [6.45, 7) is 11.7. The van der Waals surface area contributed by atoms with Crippen molar-refractivity contribution in [3.63, 3.8) is 0 Å². The summed E-state index contributed by atoms with van der Waals surface area (Å²) in [6.07, 6.45) is 0. The third kappa shape index (κ3) is 8.01. The van der Waals surface area contributed by atoms with E-state index >= 15 is 0 Å². The SMILES string of the molecule is CCNC(=NCc1c(Cl)cccc1N1CCN(C)CC1)NCCOCC.I. The summed E-state index contributed by atoms with van der Waals surface area (Å²) in [7, 11) is 2.16. The van der Waals surface area contributed by atoms with Gasteiger partial charge in [0.05, 0.1) is 13.2 Å². The first kappa shape index (κ1) is 24.3. The monoisotopic (exact) mass is 509 g/mol. The summed E-state index contributed by atoms with van der Waals surface area (Å²) in [5.41, 5.74) is 2.28. The molecule has 1 fully saturated rings. The van der Waals surface area contributed by atoms with Gasteiger partial charge in [-0.2, -0.15) is 0 Å². The number of ether oxygens (including phenoxy) is 1. The minimum Gasteiger partial charge on any atom is -0.380 e. The highest BCUT2D eigenvalue weighted by Crippen LogP contribution is 2.29. The second-order valence-corrected chi connectivity index (χ2v) is 6.75. The topological polar surface area (TPSA) is 52.1 Å². The molecule has 0 amide bonds. The summed E-state index contributed by atoms with van der Waals surface area (Å²) in [5, 5.41) is 7.35. The van der Waals surface area contributed by atoms with E-state index in [1.807, 2.05) is 19.1 Å². The van der Waals surface area contributed by atoms with E-state index in [4.69, 9.17) is 21.3 Å². The molecule has 1 saturated heterocycles. The van der Waals surface area contributed by atoms with Crippen LogP contribution in [0.5, 0.6) is 0 Å². The van der Waals surface area contributed by atoms with Crippen molar-refractivity contribution in [2.45, 2.75) is 20.4 Å². The molecule has 1 aliphatic heterocycles. The van der Waals surface area contributed by atoms with Gasteiger partial charge in [0.2, 0.25) is 0 Å². The zero-order chi connectivity index (χ0) is 18.8. The fraction of sp³-hybridized carbons (Fsp3) is 0.632. The first-order chi connectivity index (χ1) is 12.7. The van der Waals surface area contributed by atoms with Crippen LogP contribution in [0.2, 0.25) is 5.02 Å². The Hall–Kier alpha value is -0.770. The lowest BCUT2D eigenvalue weighted by molar-refractivity contribution is 0.152. The van der Waals surface area contributed by atoms with Gasteiger partial charge in [0.1, 0.15) is 0 Å². The highest BCUT2D eigenvalue weighted by Gasteiger charge is 2.18. The molecule has 0 spiro atoms. The maximum Gasteiger partial charge on any atom is 0.191 e. The standard InChI is InChI=1S/C19H32ClN5O.HI/c1-4-21-19(22-9-14-26-5-2)23-15-16-17(20)7-6-8-18(16)25-12-10-24(3)11-13-25;/h6-8H,4-5,9-15H2,1-3H3,(H2,21,22,23);1H. The minimum atomic E-state index is 0. The predicted octanol–water partition coefficient (Wildman–Crippen LogP) is 2.80. The fourth-order valence-electron chi connectivity index (χ4n) is 2.93. The lowest BCUT2D eigenvalue weighted by Crippen LogP contribution is -2.44. The van der Waals surface area contributed by atoms with Crippen LogP contribution < -0.4 is 15.5 Å². The third-order valence-electron chi connectivity index (χ3n) is 4.42. The van der Waals surface area contributed by atoms with Crippen LogP contribution in [0, 0.1) is 0 Å². The van der Waals surface area contributed by atoms with E-state index in [0.717, 1.165) is 62.4 Å². The Morgan fingerprint density at radius 2 is 1.93 bits per heavy atom. The molecule has 1 aromatic rings. The summed E-state index contributed by atoms with van der Waals surface area (Å²) in [5.74, 6) is 0.788. The van der Waals surface area contributed by atoms with Gasteiger partial charge in [-0.1, -0.05) is 17.7 Å². The smallest absolute Gasteiger partial charge is 0.191 e. The maximum absolute atomic E-state index is 6.52. The number of rotatable bonds is 8. The predicted molar refractivity (Wildman–Crippen MR) is 126 cm³/mol. The zero-order valence-corrected chi connectivity index (χ0v) is 19.7. The Bertz CT molecular complexity index is 579. The summed E-state index contributed by atoms with van der Waals surface area (Å²) >= 11 is 6.52. The van der Waals surface area contributed by atoms with Crippen LogP contribution in [-0.2, 0) is 11.3 Å². The summed E-state index contributed by atoms with van der Waals surface area (Å²) < 4.78 is 5.37. The van der Waals surface area contributed by atoms with Crippen LogP contribution in [0.15, 0.2) is 23.2 Å². The molecule has 8 heteroatoms. The molecule has 0 aliphatic carbocycles. The van der Waals surface area contributed by atoms with Crippen molar-refractivity contribution in [3.8, 4) is 0 Å². The van der Waals surface area contributed by atoms with E-state index in [2.05, 4.69) is 40.5 Å². The molecule has 1 aliphatic rings. The quantitative estimate of drug-likeness (QED) is 0.244. The molecule has 0 aromatic heterocycles. The van der Waals surface area contributed by atoms with Gasteiger partial charge in [0.15, 0.2) is 5.96 Å². The van der Waals surface area contributed by atoms with Crippen molar-refractivity contribution in [1.82, 2.24) is 15.5 Å². The lowest BCUT2D eigenvalue weighted by atomic mass is 10.1. The Kier molecular flexibility index (Phi) is 12.1. The van der Waals surface area contributed by atoms with Gasteiger partial charge >= 0.3 is 0 Å². The molecule has 27 heavy (non-hydrogen) atoms. The number of nitrogens with zero attached hydrogens (tertiary/aromatic N) is 3. The van der Waals surface area contributed by atoms with E-state index in [1.165, 1.54) is 5.69 Å². The zero-order valence-electron chi connectivity index (χ0n) is 16.6. The third-order valence-corrected chi connectivity index (χ3v) is 4.77. The first-order valence-electron chi connectivity index (χ1n) is 9.46. The van der Waals surface area contributed by atoms with Gasteiger partial charge in [-0.3, -0.25) is 0 Å². The molecule has 154 valence electrons. The second-order valence-electron chi connectivity index (χ2n) is 6.35. The molecule has 0 saturated carbocycles. The van der Waals surface area contributed by atoms with E-state index in [9.17, 15) is 0 Å². The van der Waals surface area contributed by atoms with Gasteiger partial charge in [0, 0.05) is 62.1 Å². The van der Waals surface area contributed by atoms with E-state index in [1.54, 1.807) is 0 Å². The fourth-order valence-corrected chi connectivity index (χ4v) is 3.16. The number of halogens is 2. The van der Waals surface area contributed by atoms with Crippen molar-refractivity contribution in [3.05, 3.63) is 28.8 Å². The van der Waals surface area contributed by atoms with Crippen molar-refractivity contribution in [2.24, 2.45) is 4.99 Å². The number of anilines is 1. The Morgan fingerprint density at radius 1 is 1.19 bits per heavy atom. The van der Waals surface area contributed by atoms with Crippen LogP contribution in [0.25, 0.3) is 0 Å². The van der Waals surface area contributed by atoms with E-state index < -0.39 is 0 Å². The summed E-state index contributed by atoms with van der Waals surface area (Å²) in [4.78, 5) is 9.49. The number of nitrogens with one attached hydrogen (secondary N) is 2. The Balaban J connectivity index is 0.00000364. The Morgan fingerprint density at radius 3 is 2.59 bits per heavy atom. The van der Waals surface area contributed by atoms with Crippen LogP contribution in [0.3, 0.4) is 0 Å². The number of benzene rings is 1. The lowest BCUT2D eigenvalue weighted by Gasteiger charge is -2.35. The molecule has 0 radical (unpaired) electrons. The van der Waals surface area contributed by atoms with Crippen molar-refractivity contribution >= 4 is 47.2 Å². The Labute approximate surface area is 185 Å². The highest BCUT2D eigenvalue weighted by molar-refractivity contribution is 14.0. The number of aliphatic imine (C=N–C) groups is 1. The van der Waals surface area contributed by atoms with Crippen molar-refractivity contribution in [2.75, 3.05) is 64.4 Å². The van der Waals surface area contributed by atoms with E-state index in [0.29, 0.717) is 13.2 Å². The maximum atomic E-state index is 6.52. The molecule has 6 nitrogen and oxygen atoms in total. The van der Waals surface area contributed by atoms with Gasteiger partial charge in [-0.05, 0) is 33.0 Å². The van der Waals surface area contributed by atoms with Crippen LogP contribution >= 0.6 is 35.6 Å². The molecule has 0 bridgehead atoms. The van der Waals surface area contributed by atoms with Crippen LogP contribution in [0.4, 0.5) is 5.69 Å². The molecule has 0 atom stereocenters. The molecule has 0 unspecified atom stereocenters. The van der Waals surface area contributed by atoms with Gasteiger partial charge in [-0.15, -0.1) is 24.0 Å².